The van der Waals surface area contributed by atoms with Gasteiger partial charge in [-0.15, -0.1) is 0 Å². The van der Waals surface area contributed by atoms with E-state index in [2.05, 4.69) is 10.3 Å². The molecule has 0 bridgehead atoms. The van der Waals surface area contributed by atoms with Gasteiger partial charge in [-0.05, 0) is 36.8 Å². The van der Waals surface area contributed by atoms with E-state index >= 15 is 0 Å². The molecule has 0 fully saturated rings. The molecular formula is C21H14F2N4O2. The number of carbonyl (C=O) groups is 1. The Hall–Kier alpha value is -4.04. The maximum Gasteiger partial charge on any atom is 0.252 e. The van der Waals surface area contributed by atoms with Gasteiger partial charge in [0.2, 0.25) is 5.91 Å². The second-order valence-electron chi connectivity index (χ2n) is 6.39. The molecule has 144 valence electrons. The van der Waals surface area contributed by atoms with Crippen molar-refractivity contribution in [2.45, 2.75) is 19.9 Å². The number of H-pyrrole nitrogens is 1. The Bertz CT molecular complexity index is 1280. The van der Waals surface area contributed by atoms with Crippen LogP contribution in [0.5, 0.6) is 0 Å². The summed E-state index contributed by atoms with van der Waals surface area (Å²) in [6.45, 7) is 1.42. The molecule has 29 heavy (non-hydrogen) atoms. The van der Waals surface area contributed by atoms with E-state index in [1.54, 1.807) is 13.0 Å². The summed E-state index contributed by atoms with van der Waals surface area (Å²) in [6.07, 6.45) is -0.323. The number of nitriles is 2. The van der Waals surface area contributed by atoms with Crippen LogP contribution in [0.25, 0.3) is 10.9 Å². The van der Waals surface area contributed by atoms with E-state index in [0.717, 1.165) is 12.1 Å². The topological polar surface area (TPSA) is 110 Å². The minimum absolute atomic E-state index is 0.0948. The van der Waals surface area contributed by atoms with Crippen molar-refractivity contribution in [2.75, 3.05) is 0 Å². The highest BCUT2D eigenvalue weighted by molar-refractivity contribution is 5.90. The lowest BCUT2D eigenvalue weighted by atomic mass is 9.98. The molecule has 0 saturated carbocycles. The van der Waals surface area contributed by atoms with Crippen LogP contribution in [-0.2, 0) is 17.8 Å². The quantitative estimate of drug-likeness (QED) is 0.711. The maximum atomic E-state index is 13.9. The molecule has 3 aromatic rings. The molecule has 0 unspecified atom stereocenters. The van der Waals surface area contributed by atoms with Crippen LogP contribution >= 0.6 is 0 Å². The molecule has 1 aromatic heterocycles. The van der Waals surface area contributed by atoms with Crippen molar-refractivity contribution >= 4 is 16.8 Å². The van der Waals surface area contributed by atoms with Gasteiger partial charge in [0.1, 0.15) is 17.7 Å². The molecule has 0 spiro atoms. The first-order valence-electron chi connectivity index (χ1n) is 8.55. The smallest absolute Gasteiger partial charge is 0.252 e. The van der Waals surface area contributed by atoms with Crippen molar-refractivity contribution in [3.8, 4) is 12.1 Å². The molecule has 2 aromatic carbocycles. The average molecular weight is 392 g/mol. The van der Waals surface area contributed by atoms with Gasteiger partial charge in [-0.1, -0.05) is 6.07 Å². The number of amides is 1. The highest BCUT2D eigenvalue weighted by Gasteiger charge is 2.17. The molecular weight excluding hydrogens is 378 g/mol. The zero-order valence-corrected chi connectivity index (χ0v) is 15.3. The number of carbonyl (C=O) groups excluding carboxylic acids is 1. The Kier molecular flexibility index (Phi) is 5.38. The summed E-state index contributed by atoms with van der Waals surface area (Å²) in [6, 6.07) is 9.94. The standard InChI is InChI=1S/C21H14F2N4O2/c1-11-14(21(29)27-18-5-4-16(22)15(9-25)20(11)18)7-19(28)26-10-13-3-2-12(8-24)6-17(13)23/h2-6H,7,10H2,1H3,(H,26,28)(H,27,29). The minimum Gasteiger partial charge on any atom is -0.352 e. The SMILES string of the molecule is Cc1c(CC(=O)NCc2ccc(C#N)cc2F)c(=O)[nH]c2ccc(F)c(C#N)c12. The van der Waals surface area contributed by atoms with E-state index < -0.39 is 23.1 Å². The van der Waals surface area contributed by atoms with Crippen LogP contribution in [0, 0.1) is 41.2 Å². The fraction of sp³-hybridized carbons (Fsp3) is 0.143. The predicted molar refractivity (Wildman–Crippen MR) is 101 cm³/mol. The Labute approximate surface area is 164 Å². The summed E-state index contributed by atoms with van der Waals surface area (Å²) in [7, 11) is 0. The van der Waals surface area contributed by atoms with E-state index in [9.17, 15) is 23.6 Å². The number of rotatable bonds is 4. The number of aryl methyl sites for hydroxylation is 1. The Balaban J connectivity index is 1.86. The Morgan fingerprint density at radius 3 is 2.55 bits per heavy atom. The van der Waals surface area contributed by atoms with Crippen LogP contribution in [0.1, 0.15) is 27.8 Å². The molecule has 2 N–H and O–H groups in total. The van der Waals surface area contributed by atoms with Gasteiger partial charge in [0.25, 0.3) is 5.56 Å². The number of benzene rings is 2. The van der Waals surface area contributed by atoms with Crippen molar-refractivity contribution in [3.05, 3.63) is 80.1 Å². The maximum absolute atomic E-state index is 13.9. The van der Waals surface area contributed by atoms with E-state index in [-0.39, 0.29) is 40.6 Å². The molecule has 8 heteroatoms. The molecule has 3 rings (SSSR count). The number of nitrogens with zero attached hydrogens (tertiary/aromatic N) is 2. The fourth-order valence-electron chi connectivity index (χ4n) is 3.09. The molecule has 0 saturated heterocycles. The van der Waals surface area contributed by atoms with Gasteiger partial charge in [-0.2, -0.15) is 10.5 Å². The second kappa shape index (κ2) is 7.91. The highest BCUT2D eigenvalue weighted by Crippen LogP contribution is 2.24. The van der Waals surface area contributed by atoms with Gasteiger partial charge in [0.05, 0.1) is 29.1 Å². The number of aromatic amines is 1. The van der Waals surface area contributed by atoms with Crippen molar-refractivity contribution in [1.82, 2.24) is 10.3 Å². The minimum atomic E-state index is -0.721. The summed E-state index contributed by atoms with van der Waals surface area (Å²) in [4.78, 5) is 27.2. The summed E-state index contributed by atoms with van der Waals surface area (Å²) in [5.41, 5.74) is 0.348. The monoisotopic (exact) mass is 392 g/mol. The number of hydrogen-bond donors (Lipinski definition) is 2. The molecule has 0 aliphatic carbocycles. The molecule has 1 amide bonds. The number of aromatic nitrogens is 1. The fourth-order valence-corrected chi connectivity index (χ4v) is 3.09. The largest absolute Gasteiger partial charge is 0.352 e. The van der Waals surface area contributed by atoms with E-state index in [4.69, 9.17) is 5.26 Å². The number of halogens is 2. The van der Waals surface area contributed by atoms with Crippen LogP contribution in [0.3, 0.4) is 0 Å². The van der Waals surface area contributed by atoms with Gasteiger partial charge in [0, 0.05) is 23.1 Å². The first kappa shape index (κ1) is 19.7. The average Bonchev–Trinajstić information content (AvgIpc) is 2.70. The van der Waals surface area contributed by atoms with Crippen molar-refractivity contribution in [2.24, 2.45) is 0 Å². The number of hydrogen-bond acceptors (Lipinski definition) is 4. The molecule has 1 heterocycles. The lowest BCUT2D eigenvalue weighted by Gasteiger charge is -2.11. The van der Waals surface area contributed by atoms with Gasteiger partial charge >= 0.3 is 0 Å². The lowest BCUT2D eigenvalue weighted by Crippen LogP contribution is -2.28. The van der Waals surface area contributed by atoms with Crippen LogP contribution in [-0.4, -0.2) is 10.9 Å². The van der Waals surface area contributed by atoms with Crippen LogP contribution < -0.4 is 10.9 Å². The first-order chi connectivity index (χ1) is 13.8. The Morgan fingerprint density at radius 2 is 1.90 bits per heavy atom. The Morgan fingerprint density at radius 1 is 1.14 bits per heavy atom. The number of pyridine rings is 1. The van der Waals surface area contributed by atoms with Gasteiger partial charge < -0.3 is 10.3 Å². The summed E-state index contributed by atoms with van der Waals surface area (Å²) < 4.78 is 27.9. The van der Waals surface area contributed by atoms with E-state index in [1.807, 2.05) is 6.07 Å². The third-order valence-electron chi connectivity index (χ3n) is 4.61. The van der Waals surface area contributed by atoms with Gasteiger partial charge in [-0.25, -0.2) is 8.78 Å². The zero-order chi connectivity index (χ0) is 21.1. The van der Waals surface area contributed by atoms with Crippen LogP contribution in [0.2, 0.25) is 0 Å². The van der Waals surface area contributed by atoms with Gasteiger partial charge in [0.15, 0.2) is 0 Å². The summed E-state index contributed by atoms with van der Waals surface area (Å²) >= 11 is 0. The molecule has 0 radical (unpaired) electrons. The van der Waals surface area contributed by atoms with E-state index in [1.165, 1.54) is 18.2 Å². The predicted octanol–water partition coefficient (Wildman–Crippen LogP) is 2.72. The first-order valence-corrected chi connectivity index (χ1v) is 8.55. The molecule has 6 nitrogen and oxygen atoms in total. The summed E-state index contributed by atoms with van der Waals surface area (Å²) in [5, 5.41) is 20.8. The zero-order valence-electron chi connectivity index (χ0n) is 15.3. The normalized spacial score (nSPS) is 10.4. The van der Waals surface area contributed by atoms with Gasteiger partial charge in [-0.3, -0.25) is 9.59 Å². The molecule has 0 aliphatic heterocycles. The summed E-state index contributed by atoms with van der Waals surface area (Å²) in [5.74, 6) is -1.89. The second-order valence-corrected chi connectivity index (χ2v) is 6.39. The molecule has 0 atom stereocenters. The van der Waals surface area contributed by atoms with Crippen molar-refractivity contribution < 1.29 is 13.6 Å². The van der Waals surface area contributed by atoms with Crippen molar-refractivity contribution in [1.29, 1.82) is 10.5 Å². The third kappa shape index (κ3) is 3.83. The van der Waals surface area contributed by atoms with Crippen molar-refractivity contribution in [3.63, 3.8) is 0 Å². The van der Waals surface area contributed by atoms with E-state index in [0.29, 0.717) is 11.1 Å². The number of nitrogens with one attached hydrogen (secondary N) is 2. The third-order valence-corrected chi connectivity index (χ3v) is 4.61. The highest BCUT2D eigenvalue weighted by atomic mass is 19.1. The van der Waals surface area contributed by atoms with Crippen LogP contribution in [0.15, 0.2) is 35.1 Å². The van der Waals surface area contributed by atoms with Crippen LogP contribution in [0.4, 0.5) is 8.78 Å². The lowest BCUT2D eigenvalue weighted by molar-refractivity contribution is -0.120. The molecule has 0 aliphatic rings. The number of fused-ring (bicyclic) bond motifs is 1.